The molecule has 1 aliphatic rings. The second kappa shape index (κ2) is 7.43. The van der Waals surface area contributed by atoms with Gasteiger partial charge in [-0.3, -0.25) is 18.7 Å². The lowest BCUT2D eigenvalue weighted by atomic mass is 10.3. The second-order valence-corrected chi connectivity index (χ2v) is 9.37. The number of nitrogens with zero attached hydrogens (tertiary/aromatic N) is 6. The summed E-state index contributed by atoms with van der Waals surface area (Å²) in [4.78, 5) is 14.6. The molecule has 0 atom stereocenters. The first-order valence-electron chi connectivity index (χ1n) is 9.70. The van der Waals surface area contributed by atoms with E-state index in [9.17, 15) is 13.2 Å². The number of fused-ring (bicyclic) bond motifs is 1. The number of rotatable bonds is 5. The molecule has 1 aromatic carbocycles. The van der Waals surface area contributed by atoms with Crippen molar-refractivity contribution in [3.8, 4) is 0 Å². The van der Waals surface area contributed by atoms with E-state index in [1.165, 1.54) is 13.4 Å². The quantitative estimate of drug-likeness (QED) is 0.606. The maximum atomic E-state index is 13.1. The summed E-state index contributed by atoms with van der Waals surface area (Å²) in [6.07, 6.45) is 3.90. The smallest absolute Gasteiger partial charge is 0.296 e. The normalized spacial score (nSPS) is 16.7. The van der Waals surface area contributed by atoms with Crippen molar-refractivity contribution in [2.45, 2.75) is 24.9 Å². The molecule has 1 saturated heterocycles. The molecular weight excluding hydrogens is 392 g/mol. The molecule has 1 fully saturated rings. The number of aromatic nitrogens is 4. The van der Waals surface area contributed by atoms with Gasteiger partial charge in [-0.2, -0.15) is 9.40 Å². The number of benzene rings is 1. The van der Waals surface area contributed by atoms with Crippen LogP contribution in [0.3, 0.4) is 0 Å². The molecule has 0 spiro atoms. The zero-order chi connectivity index (χ0) is 20.8. The van der Waals surface area contributed by atoms with Gasteiger partial charge in [0.2, 0.25) is 10.0 Å². The molecule has 4 rings (SSSR count). The minimum Gasteiger partial charge on any atom is -0.296 e. The Morgan fingerprint density at radius 2 is 1.72 bits per heavy atom. The fourth-order valence-electron chi connectivity index (χ4n) is 3.84. The van der Waals surface area contributed by atoms with Crippen molar-refractivity contribution >= 4 is 21.1 Å². The molecule has 0 saturated carbocycles. The van der Waals surface area contributed by atoms with Crippen LogP contribution >= 0.6 is 0 Å². The van der Waals surface area contributed by atoms with Crippen molar-refractivity contribution in [1.29, 1.82) is 0 Å². The van der Waals surface area contributed by atoms with Gasteiger partial charge < -0.3 is 0 Å². The van der Waals surface area contributed by atoms with Crippen molar-refractivity contribution in [2.75, 3.05) is 26.2 Å². The van der Waals surface area contributed by atoms with E-state index in [4.69, 9.17) is 0 Å². The minimum atomic E-state index is -3.60. The summed E-state index contributed by atoms with van der Waals surface area (Å²) in [7, 11) is -0.268. The van der Waals surface area contributed by atoms with Crippen molar-refractivity contribution in [3.05, 3.63) is 46.6 Å². The predicted octanol–water partition coefficient (Wildman–Crippen LogP) is 0.600. The molecule has 29 heavy (non-hydrogen) atoms. The Labute approximate surface area is 169 Å². The number of aryl methyl sites for hydroxylation is 3. The topological polar surface area (TPSA) is 85.4 Å². The van der Waals surface area contributed by atoms with E-state index in [1.807, 2.05) is 24.0 Å². The van der Waals surface area contributed by atoms with Crippen LogP contribution in [0.15, 0.2) is 40.3 Å². The molecule has 9 nitrogen and oxygen atoms in total. The van der Waals surface area contributed by atoms with Gasteiger partial charge in [0.1, 0.15) is 0 Å². The first-order chi connectivity index (χ1) is 13.8. The highest BCUT2D eigenvalue weighted by molar-refractivity contribution is 7.89. The molecule has 156 valence electrons. The Balaban J connectivity index is 1.49. The third kappa shape index (κ3) is 3.52. The second-order valence-electron chi connectivity index (χ2n) is 7.44. The highest BCUT2D eigenvalue weighted by Gasteiger charge is 2.29. The molecule has 2 aromatic heterocycles. The van der Waals surface area contributed by atoms with Crippen LogP contribution in [0.2, 0.25) is 0 Å². The summed E-state index contributed by atoms with van der Waals surface area (Å²) >= 11 is 0. The van der Waals surface area contributed by atoms with Crippen LogP contribution in [-0.2, 0) is 37.2 Å². The summed E-state index contributed by atoms with van der Waals surface area (Å²) in [6.45, 7) is 5.87. The first kappa shape index (κ1) is 19.9. The lowest BCUT2D eigenvalue weighted by molar-refractivity contribution is 0.181. The Hall–Kier alpha value is -2.43. The fourth-order valence-corrected chi connectivity index (χ4v) is 5.29. The Morgan fingerprint density at radius 3 is 2.38 bits per heavy atom. The van der Waals surface area contributed by atoms with Gasteiger partial charge in [-0.05, 0) is 25.1 Å². The fraction of sp³-hybridized carbons (Fsp3) is 0.474. The molecule has 0 amide bonds. The number of imidazole rings is 1. The van der Waals surface area contributed by atoms with Crippen LogP contribution in [0, 0.1) is 0 Å². The van der Waals surface area contributed by atoms with Crippen LogP contribution in [0.5, 0.6) is 0 Å². The summed E-state index contributed by atoms with van der Waals surface area (Å²) in [5, 5.41) is 4.29. The van der Waals surface area contributed by atoms with Crippen molar-refractivity contribution in [1.82, 2.24) is 28.1 Å². The maximum Gasteiger partial charge on any atom is 0.328 e. The summed E-state index contributed by atoms with van der Waals surface area (Å²) in [5.74, 6) is 0. The van der Waals surface area contributed by atoms with E-state index in [0.717, 1.165) is 18.7 Å². The molecule has 0 bridgehead atoms. The average molecular weight is 419 g/mol. The van der Waals surface area contributed by atoms with E-state index >= 15 is 0 Å². The van der Waals surface area contributed by atoms with Crippen LogP contribution in [-0.4, -0.2) is 62.7 Å². The highest BCUT2D eigenvalue weighted by Crippen LogP contribution is 2.22. The Bertz CT molecular complexity index is 1200. The molecule has 0 radical (unpaired) electrons. The van der Waals surface area contributed by atoms with E-state index in [0.29, 0.717) is 37.2 Å². The van der Waals surface area contributed by atoms with Crippen molar-refractivity contribution in [3.63, 3.8) is 0 Å². The zero-order valence-electron chi connectivity index (χ0n) is 16.9. The van der Waals surface area contributed by atoms with Gasteiger partial charge in [0, 0.05) is 65.1 Å². The summed E-state index contributed by atoms with van der Waals surface area (Å²) in [5.41, 5.74) is 2.30. The number of hydrogen-bond acceptors (Lipinski definition) is 5. The van der Waals surface area contributed by atoms with E-state index < -0.39 is 10.0 Å². The molecular formula is C19H26N6O3S. The van der Waals surface area contributed by atoms with Gasteiger partial charge in [-0.15, -0.1) is 0 Å². The largest absolute Gasteiger partial charge is 0.328 e. The van der Waals surface area contributed by atoms with Crippen LogP contribution in [0.1, 0.15) is 12.5 Å². The first-order valence-corrected chi connectivity index (χ1v) is 11.1. The van der Waals surface area contributed by atoms with E-state index in [-0.39, 0.29) is 10.6 Å². The Morgan fingerprint density at radius 1 is 1.03 bits per heavy atom. The molecule has 3 heterocycles. The van der Waals surface area contributed by atoms with Crippen LogP contribution < -0.4 is 5.69 Å². The molecule has 10 heteroatoms. The average Bonchev–Trinajstić information content (AvgIpc) is 3.27. The van der Waals surface area contributed by atoms with Gasteiger partial charge in [0.25, 0.3) is 0 Å². The summed E-state index contributed by atoms with van der Waals surface area (Å²) < 4.78 is 32.7. The number of sulfonamides is 1. The monoisotopic (exact) mass is 418 g/mol. The van der Waals surface area contributed by atoms with Gasteiger partial charge in [-0.25, -0.2) is 13.2 Å². The number of piperazine rings is 1. The maximum absolute atomic E-state index is 13.1. The number of hydrogen-bond donors (Lipinski definition) is 0. The van der Waals surface area contributed by atoms with Gasteiger partial charge in [0.05, 0.1) is 22.1 Å². The molecule has 1 aliphatic heterocycles. The predicted molar refractivity (Wildman–Crippen MR) is 110 cm³/mol. The molecule has 3 aromatic rings. The van der Waals surface area contributed by atoms with E-state index in [2.05, 4.69) is 10.00 Å². The lowest BCUT2D eigenvalue weighted by Crippen LogP contribution is -2.48. The van der Waals surface area contributed by atoms with Crippen molar-refractivity contribution < 1.29 is 8.42 Å². The van der Waals surface area contributed by atoms with Crippen LogP contribution in [0.25, 0.3) is 11.0 Å². The summed E-state index contributed by atoms with van der Waals surface area (Å²) in [6, 6.07) is 4.88. The van der Waals surface area contributed by atoms with Crippen molar-refractivity contribution in [2.24, 2.45) is 14.1 Å². The third-order valence-corrected chi connectivity index (χ3v) is 7.52. The third-order valence-electron chi connectivity index (χ3n) is 5.63. The molecule has 0 unspecified atom stereocenters. The van der Waals surface area contributed by atoms with Crippen LogP contribution in [0.4, 0.5) is 0 Å². The van der Waals surface area contributed by atoms with Gasteiger partial charge in [-0.1, -0.05) is 0 Å². The SMILES string of the molecule is CCn1cc(CN2CCN(S(=O)(=O)c3ccc4c(c3)n(C)c(=O)n4C)CC2)cn1. The van der Waals surface area contributed by atoms with Gasteiger partial charge >= 0.3 is 5.69 Å². The van der Waals surface area contributed by atoms with E-state index in [1.54, 1.807) is 32.3 Å². The highest BCUT2D eigenvalue weighted by atomic mass is 32.2. The zero-order valence-corrected chi connectivity index (χ0v) is 17.8. The lowest BCUT2D eigenvalue weighted by Gasteiger charge is -2.33. The standard InChI is InChI=1S/C19H26N6O3S/c1-4-24-14-15(12-20-24)13-23-7-9-25(10-8-23)29(27,28)16-5-6-17-18(11-16)22(3)19(26)21(17)2/h5-6,11-12,14H,4,7-10,13H2,1-3H3. The minimum absolute atomic E-state index is 0.172. The molecule has 0 N–H and O–H groups in total. The van der Waals surface area contributed by atoms with Gasteiger partial charge in [0.15, 0.2) is 0 Å². The Kier molecular flexibility index (Phi) is 5.09. The molecule has 0 aliphatic carbocycles.